The fourth-order valence-corrected chi connectivity index (χ4v) is 4.74. The fraction of sp³-hybridized carbons (Fsp3) is 0.400. The fourth-order valence-electron chi connectivity index (χ4n) is 4.00. The third-order valence-electron chi connectivity index (χ3n) is 6.11. The van der Waals surface area contributed by atoms with Gasteiger partial charge in [-0.3, -0.25) is 14.5 Å². The minimum absolute atomic E-state index is 0.0915. The van der Waals surface area contributed by atoms with E-state index in [1.807, 2.05) is 37.3 Å². The van der Waals surface area contributed by atoms with E-state index in [2.05, 4.69) is 25.0 Å². The first kappa shape index (κ1) is 23.5. The summed E-state index contributed by atoms with van der Waals surface area (Å²) < 4.78 is 14.3. The second kappa shape index (κ2) is 10.6. The van der Waals surface area contributed by atoms with Crippen LogP contribution in [0.4, 0.5) is 11.6 Å². The highest BCUT2D eigenvalue weighted by Gasteiger charge is 2.43. The van der Waals surface area contributed by atoms with E-state index in [9.17, 15) is 4.79 Å². The number of benzene rings is 1. The smallest absolute Gasteiger partial charge is 0.236 e. The summed E-state index contributed by atoms with van der Waals surface area (Å²) in [5.41, 5.74) is 2.23. The zero-order valence-electron chi connectivity index (χ0n) is 19.6. The summed E-state index contributed by atoms with van der Waals surface area (Å²) in [6.07, 6.45) is 8.54. The molecule has 3 aromatic rings. The largest absolute Gasteiger partial charge is 0.477 e. The molecule has 0 atom stereocenters. The number of amides is 1. The van der Waals surface area contributed by atoms with Gasteiger partial charge in [-0.1, -0.05) is 12.1 Å². The lowest BCUT2D eigenvalue weighted by atomic mass is 9.76. The van der Waals surface area contributed by atoms with Crippen LogP contribution in [0, 0.1) is 0 Å². The number of ether oxygens (including phenoxy) is 2. The van der Waals surface area contributed by atoms with Crippen molar-refractivity contribution in [2.45, 2.75) is 43.3 Å². The van der Waals surface area contributed by atoms with E-state index in [-0.39, 0.29) is 5.91 Å². The molecule has 35 heavy (non-hydrogen) atoms. The van der Waals surface area contributed by atoms with E-state index in [1.54, 1.807) is 30.5 Å². The van der Waals surface area contributed by atoms with Gasteiger partial charge in [0, 0.05) is 35.9 Å². The number of nitrogens with one attached hydrogen (secondary N) is 2. The van der Waals surface area contributed by atoms with E-state index in [4.69, 9.17) is 14.5 Å². The minimum Gasteiger partial charge on any atom is -0.477 e. The number of anilines is 2. The van der Waals surface area contributed by atoms with Crippen LogP contribution in [0.5, 0.6) is 5.88 Å². The van der Waals surface area contributed by atoms with Crippen LogP contribution in [0.1, 0.15) is 38.3 Å². The maximum absolute atomic E-state index is 13.7. The summed E-state index contributed by atoms with van der Waals surface area (Å²) in [5, 5.41) is 3.72. The molecule has 1 saturated heterocycles. The molecule has 9 nitrogen and oxygen atoms in total. The molecule has 1 aliphatic heterocycles. The van der Waals surface area contributed by atoms with Gasteiger partial charge in [0.15, 0.2) is 0 Å². The zero-order chi connectivity index (χ0) is 24.1. The Balaban J connectivity index is 1.33. The highest BCUT2D eigenvalue weighted by Crippen LogP contribution is 2.37. The lowest BCUT2D eigenvalue weighted by Crippen LogP contribution is -2.45. The predicted octanol–water partition coefficient (Wildman–Crippen LogP) is 4.24. The lowest BCUT2D eigenvalue weighted by Gasteiger charge is -2.35. The molecular formula is C25H28N6O3S. The molecule has 182 valence electrons. The van der Waals surface area contributed by atoms with Crippen molar-refractivity contribution in [2.75, 3.05) is 29.9 Å². The Morgan fingerprint density at radius 3 is 2.69 bits per heavy atom. The average molecular weight is 493 g/mol. The Labute approximate surface area is 208 Å². The molecule has 2 fully saturated rings. The van der Waals surface area contributed by atoms with E-state index in [0.717, 1.165) is 5.56 Å². The summed E-state index contributed by atoms with van der Waals surface area (Å²) in [4.78, 5) is 31.4. The van der Waals surface area contributed by atoms with Crippen LogP contribution in [0.2, 0.25) is 0 Å². The van der Waals surface area contributed by atoms with Crippen molar-refractivity contribution >= 4 is 29.5 Å². The van der Waals surface area contributed by atoms with Crippen LogP contribution in [-0.4, -0.2) is 50.9 Å². The van der Waals surface area contributed by atoms with Crippen LogP contribution < -0.4 is 14.8 Å². The minimum atomic E-state index is -0.780. The summed E-state index contributed by atoms with van der Waals surface area (Å²) >= 11 is 1.65. The van der Waals surface area contributed by atoms with Crippen LogP contribution in [-0.2, 0) is 14.9 Å². The van der Waals surface area contributed by atoms with E-state index in [1.165, 1.54) is 12.8 Å². The average Bonchev–Trinajstić information content (AvgIpc) is 3.74. The first-order valence-electron chi connectivity index (χ1n) is 11.9. The van der Waals surface area contributed by atoms with E-state index >= 15 is 0 Å². The Hall–Kier alpha value is -3.24. The second-order valence-electron chi connectivity index (χ2n) is 8.59. The van der Waals surface area contributed by atoms with E-state index < -0.39 is 5.41 Å². The van der Waals surface area contributed by atoms with Gasteiger partial charge < -0.3 is 14.8 Å². The van der Waals surface area contributed by atoms with Gasteiger partial charge >= 0.3 is 0 Å². The molecule has 5 rings (SSSR count). The second-order valence-corrected chi connectivity index (χ2v) is 9.69. The standard InChI is InChI=1S/C25H28N6O3S/c1-2-34-22-16-26-15-20(29-22)17-3-5-18(6-4-17)28-23(32)25(10-13-33-14-11-25)21-9-12-27-24(30-21)31-35-19-7-8-19/h3-6,9,12,15-16,19H,2,7-8,10-11,13-14H2,1H3,(H,28,32)(H,27,30,31). The highest BCUT2D eigenvalue weighted by molar-refractivity contribution is 8.01. The first-order chi connectivity index (χ1) is 17.2. The van der Waals surface area contributed by atoms with Gasteiger partial charge in [-0.05, 0) is 62.8 Å². The van der Waals surface area contributed by atoms with Crippen molar-refractivity contribution in [3.63, 3.8) is 0 Å². The number of carbonyl (C=O) groups is 1. The van der Waals surface area contributed by atoms with Gasteiger partial charge in [-0.2, -0.15) is 0 Å². The quantitative estimate of drug-likeness (QED) is 0.424. The van der Waals surface area contributed by atoms with E-state index in [0.29, 0.717) is 66.8 Å². The molecule has 0 unspecified atom stereocenters. The summed E-state index contributed by atoms with van der Waals surface area (Å²) in [6.45, 7) is 3.44. The number of nitrogens with zero attached hydrogens (tertiary/aromatic N) is 4. The monoisotopic (exact) mass is 492 g/mol. The van der Waals surface area contributed by atoms with Gasteiger partial charge in [-0.25, -0.2) is 15.0 Å². The highest BCUT2D eigenvalue weighted by atomic mass is 32.2. The number of aromatic nitrogens is 4. The molecular weight excluding hydrogens is 464 g/mol. The van der Waals surface area contributed by atoms with Crippen LogP contribution in [0.3, 0.4) is 0 Å². The molecule has 0 bridgehead atoms. The first-order valence-corrected chi connectivity index (χ1v) is 12.7. The summed E-state index contributed by atoms with van der Waals surface area (Å²) in [6, 6.07) is 9.40. The van der Waals surface area contributed by atoms with Gasteiger partial charge in [0.2, 0.25) is 17.7 Å². The molecule has 3 heterocycles. The van der Waals surface area contributed by atoms with Gasteiger partial charge in [0.1, 0.15) is 0 Å². The maximum Gasteiger partial charge on any atom is 0.236 e. The molecule has 2 N–H and O–H groups in total. The SMILES string of the molecule is CCOc1cncc(-c2ccc(NC(=O)C3(c4ccnc(NSC5CC5)n4)CCOCC3)cc2)n1. The van der Waals surface area contributed by atoms with Crippen molar-refractivity contribution in [1.82, 2.24) is 19.9 Å². The number of rotatable bonds is 9. The van der Waals surface area contributed by atoms with Crippen LogP contribution in [0.25, 0.3) is 11.3 Å². The molecule has 0 radical (unpaired) electrons. The van der Waals surface area contributed by atoms with Crippen LogP contribution in [0.15, 0.2) is 48.9 Å². The Morgan fingerprint density at radius 2 is 1.94 bits per heavy atom. The summed E-state index contributed by atoms with van der Waals surface area (Å²) in [5.74, 6) is 0.932. The molecule has 2 aromatic heterocycles. The molecule has 0 spiro atoms. The van der Waals surface area contributed by atoms with Crippen molar-refractivity contribution in [3.05, 3.63) is 54.6 Å². The summed E-state index contributed by atoms with van der Waals surface area (Å²) in [7, 11) is 0. The number of hydrogen-bond acceptors (Lipinski definition) is 9. The molecule has 2 aliphatic rings. The van der Waals surface area contributed by atoms with Gasteiger partial charge in [0.05, 0.1) is 35.8 Å². The van der Waals surface area contributed by atoms with Crippen molar-refractivity contribution < 1.29 is 14.3 Å². The number of carbonyl (C=O) groups excluding carboxylic acids is 1. The molecule has 10 heteroatoms. The van der Waals surface area contributed by atoms with Gasteiger partial charge in [-0.15, -0.1) is 0 Å². The zero-order valence-corrected chi connectivity index (χ0v) is 20.4. The van der Waals surface area contributed by atoms with Crippen molar-refractivity contribution in [2.24, 2.45) is 0 Å². The van der Waals surface area contributed by atoms with Gasteiger partial charge in [0.25, 0.3) is 0 Å². The Kier molecular flexibility index (Phi) is 7.10. The molecule has 1 aliphatic carbocycles. The third-order valence-corrected chi connectivity index (χ3v) is 7.22. The van der Waals surface area contributed by atoms with Crippen molar-refractivity contribution in [3.8, 4) is 17.1 Å². The normalized spacial score (nSPS) is 16.9. The third kappa shape index (κ3) is 5.54. The Morgan fingerprint density at radius 1 is 1.14 bits per heavy atom. The molecule has 1 amide bonds. The molecule has 1 saturated carbocycles. The topological polar surface area (TPSA) is 111 Å². The molecule has 1 aromatic carbocycles. The Bertz CT molecular complexity index is 1170. The maximum atomic E-state index is 13.7. The predicted molar refractivity (Wildman–Crippen MR) is 135 cm³/mol. The lowest BCUT2D eigenvalue weighted by molar-refractivity contribution is -0.125. The number of hydrogen-bond donors (Lipinski definition) is 2. The van der Waals surface area contributed by atoms with Crippen molar-refractivity contribution in [1.29, 1.82) is 0 Å². The van der Waals surface area contributed by atoms with Crippen LogP contribution >= 0.6 is 11.9 Å².